The van der Waals surface area contributed by atoms with Crippen LogP contribution in [0.25, 0.3) is 0 Å². The van der Waals surface area contributed by atoms with Crippen molar-refractivity contribution in [3.63, 3.8) is 0 Å². The number of nitrogens with zero attached hydrogens (tertiary/aromatic N) is 2. The van der Waals surface area contributed by atoms with Gasteiger partial charge in [0.25, 0.3) is 0 Å². The van der Waals surface area contributed by atoms with Gasteiger partial charge in [-0.15, -0.1) is 0 Å². The van der Waals surface area contributed by atoms with E-state index in [1.54, 1.807) is 73.1 Å². The van der Waals surface area contributed by atoms with Gasteiger partial charge in [0.1, 0.15) is 0 Å². The lowest BCUT2D eigenvalue weighted by Gasteiger charge is -2.16. The highest BCUT2D eigenvalue weighted by atomic mass is 16.6. The lowest BCUT2D eigenvalue weighted by atomic mass is 10.2. The van der Waals surface area contributed by atoms with Crippen molar-refractivity contribution >= 4 is 0 Å². The van der Waals surface area contributed by atoms with Crippen LogP contribution in [0.5, 0.6) is 46.3 Å². The maximum Gasteiger partial charge on any atom is 0.219 e. The molecular weight excluding hydrogens is 372 g/mol. The van der Waals surface area contributed by atoms with E-state index < -0.39 is 0 Å². The van der Waals surface area contributed by atoms with E-state index >= 15 is 0 Å². The predicted molar refractivity (Wildman–Crippen MR) is 105 cm³/mol. The Bertz CT molecular complexity index is 1020. The summed E-state index contributed by atoms with van der Waals surface area (Å²) in [5.74, 6) is 0.927. The summed E-state index contributed by atoms with van der Waals surface area (Å²) in [6.07, 6.45) is 3.15. The summed E-state index contributed by atoms with van der Waals surface area (Å²) in [5, 5.41) is 20.5. The average molecular weight is 388 g/mol. The van der Waals surface area contributed by atoms with Crippen molar-refractivity contribution < 1.29 is 24.4 Å². The molecule has 144 valence electrons. The fourth-order valence-electron chi connectivity index (χ4n) is 2.52. The largest absolute Gasteiger partial charge is 0.504 e. The number of aromatic nitrogens is 2. The molecule has 7 nitrogen and oxygen atoms in total. The average Bonchev–Trinajstić information content (AvgIpc) is 2.74. The van der Waals surface area contributed by atoms with Crippen LogP contribution in [-0.2, 0) is 0 Å². The Morgan fingerprint density at radius 3 is 1.41 bits per heavy atom. The van der Waals surface area contributed by atoms with Crippen molar-refractivity contribution in [1.82, 2.24) is 9.97 Å². The Morgan fingerprint density at radius 2 is 1.00 bits per heavy atom. The van der Waals surface area contributed by atoms with Crippen LogP contribution in [0.3, 0.4) is 0 Å². The molecule has 0 unspecified atom stereocenters. The lowest BCUT2D eigenvalue weighted by Crippen LogP contribution is -1.95. The number of hydrogen-bond acceptors (Lipinski definition) is 7. The van der Waals surface area contributed by atoms with Crippen LogP contribution in [0.1, 0.15) is 0 Å². The van der Waals surface area contributed by atoms with Gasteiger partial charge in [-0.25, -0.2) is 9.97 Å². The van der Waals surface area contributed by atoms with E-state index in [2.05, 4.69) is 9.97 Å². The fraction of sp³-hybridized carbons (Fsp3) is 0. The van der Waals surface area contributed by atoms with Crippen LogP contribution in [0.4, 0.5) is 0 Å². The number of ether oxygens (including phenoxy) is 3. The molecule has 0 amide bonds. The van der Waals surface area contributed by atoms with Gasteiger partial charge < -0.3 is 24.4 Å². The number of pyridine rings is 2. The molecule has 0 radical (unpaired) electrons. The van der Waals surface area contributed by atoms with Crippen molar-refractivity contribution in [2.24, 2.45) is 0 Å². The Morgan fingerprint density at radius 1 is 0.517 bits per heavy atom. The van der Waals surface area contributed by atoms with E-state index in [1.165, 1.54) is 12.1 Å². The standard InChI is InChI=1S/C22H16N2O5/c25-15-7-5-9-17(21(15)28-19-11-1-3-13-23-19)27-18-10-6-8-16(26)22(18)29-20-12-2-4-14-24-20/h1-14,25-26H. The van der Waals surface area contributed by atoms with Crippen LogP contribution >= 0.6 is 0 Å². The molecule has 0 saturated carbocycles. The zero-order chi connectivity index (χ0) is 20.1. The molecule has 7 heteroatoms. The fourth-order valence-corrected chi connectivity index (χ4v) is 2.52. The highest BCUT2D eigenvalue weighted by Gasteiger charge is 2.18. The van der Waals surface area contributed by atoms with Crippen molar-refractivity contribution in [2.45, 2.75) is 0 Å². The highest BCUT2D eigenvalue weighted by Crippen LogP contribution is 2.45. The number of rotatable bonds is 6. The zero-order valence-corrected chi connectivity index (χ0v) is 15.1. The molecule has 0 aliphatic rings. The van der Waals surface area contributed by atoms with Crippen LogP contribution in [-0.4, -0.2) is 20.2 Å². The summed E-state index contributed by atoms with van der Waals surface area (Å²) in [5.41, 5.74) is 0. The minimum absolute atomic E-state index is 0.0818. The summed E-state index contributed by atoms with van der Waals surface area (Å²) < 4.78 is 17.3. The van der Waals surface area contributed by atoms with Gasteiger partial charge in [0.05, 0.1) is 0 Å². The van der Waals surface area contributed by atoms with Crippen LogP contribution in [0.2, 0.25) is 0 Å². The number of para-hydroxylation sites is 2. The number of aromatic hydroxyl groups is 2. The first kappa shape index (κ1) is 18.1. The van der Waals surface area contributed by atoms with Gasteiger partial charge >= 0.3 is 0 Å². The molecule has 4 rings (SSSR count). The van der Waals surface area contributed by atoms with Crippen LogP contribution in [0.15, 0.2) is 85.2 Å². The van der Waals surface area contributed by atoms with Gasteiger partial charge in [0.2, 0.25) is 23.3 Å². The molecule has 0 aliphatic heterocycles. The molecule has 0 saturated heterocycles. The maximum absolute atomic E-state index is 10.3. The summed E-state index contributed by atoms with van der Waals surface area (Å²) in [7, 11) is 0. The summed E-state index contributed by atoms with van der Waals surface area (Å²) in [6.45, 7) is 0. The first-order valence-electron chi connectivity index (χ1n) is 8.70. The van der Waals surface area contributed by atoms with Gasteiger partial charge in [0, 0.05) is 24.5 Å². The second kappa shape index (κ2) is 8.18. The SMILES string of the molecule is Oc1cccc(Oc2cccc(O)c2Oc2ccccn2)c1Oc1ccccn1. The summed E-state index contributed by atoms with van der Waals surface area (Å²) in [6, 6.07) is 19.7. The zero-order valence-electron chi connectivity index (χ0n) is 15.1. The molecule has 2 aromatic heterocycles. The van der Waals surface area contributed by atoms with E-state index in [9.17, 15) is 10.2 Å². The molecule has 0 fully saturated rings. The van der Waals surface area contributed by atoms with Gasteiger partial charge in [0.15, 0.2) is 23.0 Å². The van der Waals surface area contributed by atoms with E-state index in [1.807, 2.05) is 0 Å². The Labute approximate surface area is 166 Å². The normalized spacial score (nSPS) is 10.3. The molecule has 0 aliphatic carbocycles. The van der Waals surface area contributed by atoms with Crippen LogP contribution < -0.4 is 14.2 Å². The lowest BCUT2D eigenvalue weighted by molar-refractivity contribution is 0.353. The third kappa shape index (κ3) is 4.19. The van der Waals surface area contributed by atoms with Gasteiger partial charge in [-0.3, -0.25) is 0 Å². The van der Waals surface area contributed by atoms with Crippen molar-refractivity contribution in [1.29, 1.82) is 0 Å². The highest BCUT2D eigenvalue weighted by molar-refractivity contribution is 5.57. The second-order valence-electron chi connectivity index (χ2n) is 5.85. The second-order valence-corrected chi connectivity index (χ2v) is 5.85. The molecule has 2 N–H and O–H groups in total. The monoisotopic (exact) mass is 388 g/mol. The molecule has 4 aromatic rings. The smallest absolute Gasteiger partial charge is 0.219 e. The van der Waals surface area contributed by atoms with Crippen molar-refractivity contribution in [2.75, 3.05) is 0 Å². The van der Waals surface area contributed by atoms with E-state index in [-0.39, 0.29) is 34.5 Å². The van der Waals surface area contributed by atoms with Crippen LogP contribution in [0, 0.1) is 0 Å². The van der Waals surface area contributed by atoms with E-state index in [0.29, 0.717) is 11.8 Å². The van der Waals surface area contributed by atoms with Gasteiger partial charge in [-0.1, -0.05) is 24.3 Å². The van der Waals surface area contributed by atoms with Crippen molar-refractivity contribution in [3.05, 3.63) is 85.2 Å². The Kier molecular flexibility index (Phi) is 5.11. The Hall–Kier alpha value is -4.26. The number of phenolic OH excluding ortho intramolecular Hbond substituents is 2. The number of hydrogen-bond donors (Lipinski definition) is 2. The topological polar surface area (TPSA) is 93.9 Å². The maximum atomic E-state index is 10.3. The van der Waals surface area contributed by atoms with Crippen molar-refractivity contribution in [3.8, 4) is 46.3 Å². The molecule has 0 bridgehead atoms. The van der Waals surface area contributed by atoms with E-state index in [0.717, 1.165) is 0 Å². The van der Waals surface area contributed by atoms with Gasteiger partial charge in [-0.2, -0.15) is 0 Å². The molecule has 0 atom stereocenters. The molecule has 0 spiro atoms. The molecular formula is C22H16N2O5. The minimum Gasteiger partial charge on any atom is -0.504 e. The quantitative estimate of drug-likeness (QED) is 0.465. The molecule has 29 heavy (non-hydrogen) atoms. The summed E-state index contributed by atoms with van der Waals surface area (Å²) in [4.78, 5) is 8.18. The minimum atomic E-state index is -0.125. The third-order valence-electron chi connectivity index (χ3n) is 3.82. The molecule has 2 heterocycles. The third-order valence-corrected chi connectivity index (χ3v) is 3.82. The molecule has 2 aromatic carbocycles. The first-order chi connectivity index (χ1) is 14.2. The summed E-state index contributed by atoms with van der Waals surface area (Å²) >= 11 is 0. The first-order valence-corrected chi connectivity index (χ1v) is 8.70. The number of benzene rings is 2. The predicted octanol–water partition coefficient (Wildman–Crippen LogP) is 5.26. The Balaban J connectivity index is 1.68. The van der Waals surface area contributed by atoms with Gasteiger partial charge in [-0.05, 0) is 36.4 Å². The number of phenols is 2. The van der Waals surface area contributed by atoms with E-state index in [4.69, 9.17) is 14.2 Å².